The predicted octanol–water partition coefficient (Wildman–Crippen LogP) is 6.93. The van der Waals surface area contributed by atoms with Crippen LogP contribution >= 0.6 is 50.5 Å². The highest BCUT2D eigenvalue weighted by Crippen LogP contribution is 2.47. The van der Waals surface area contributed by atoms with Crippen molar-refractivity contribution >= 4 is 67.9 Å². The molecule has 0 saturated heterocycles. The van der Waals surface area contributed by atoms with Crippen LogP contribution in [-0.4, -0.2) is 21.9 Å². The summed E-state index contributed by atoms with van der Waals surface area (Å²) in [5.74, 6) is -0.613. The minimum absolute atomic E-state index is 0.0920. The fourth-order valence-corrected chi connectivity index (χ4v) is 4.99. The first-order valence-corrected chi connectivity index (χ1v) is 11.0. The second-order valence-electron chi connectivity index (χ2n) is 6.54. The molecule has 1 amide bonds. The van der Waals surface area contributed by atoms with E-state index in [-0.39, 0.29) is 33.1 Å². The Hall–Kier alpha value is -1.75. The molecule has 1 aliphatic rings. The van der Waals surface area contributed by atoms with Crippen LogP contribution in [0.4, 0.5) is 24.7 Å². The first-order chi connectivity index (χ1) is 14.1. The van der Waals surface area contributed by atoms with Crippen molar-refractivity contribution in [1.29, 1.82) is 0 Å². The molecule has 2 aromatic heterocycles. The van der Waals surface area contributed by atoms with Crippen molar-refractivity contribution in [2.75, 3.05) is 10.6 Å². The Morgan fingerprint density at radius 3 is 2.73 bits per heavy atom. The van der Waals surface area contributed by atoms with Gasteiger partial charge in [0.1, 0.15) is 5.82 Å². The molecule has 0 aliphatic carbocycles. The molecule has 2 N–H and O–H groups in total. The molecule has 0 bridgehead atoms. The third kappa shape index (κ3) is 4.05. The molecular weight excluding hydrogens is 528 g/mol. The van der Waals surface area contributed by atoms with E-state index < -0.39 is 24.2 Å². The molecule has 2 atom stereocenters. The zero-order valence-corrected chi connectivity index (χ0v) is 18.7. The van der Waals surface area contributed by atoms with Crippen LogP contribution < -0.4 is 10.6 Å². The Labute approximate surface area is 191 Å². The average Bonchev–Trinajstić information content (AvgIpc) is 3.31. The second kappa shape index (κ2) is 8.07. The molecule has 12 heteroatoms. The Balaban J connectivity index is 1.70. The molecule has 30 heavy (non-hydrogen) atoms. The number of fused-ring (bicyclic) bond motifs is 1. The molecule has 0 spiro atoms. The number of amides is 1. The number of carbonyl (C=O) groups is 1. The lowest BCUT2D eigenvalue weighted by molar-refractivity contribution is -0.173. The standard InChI is InChI=1S/C18H12BrCl2F3N4OS/c19-14-15(17(29)26-10-4-3-8(20)6-9(10)21)27-28-13(18(22,23)24)7-11(25-16(14)28)12-2-1-5-30-12/h1-6,11,13,25H,7H2,(H,26,29)/t11-,13+/m0/s1. The maximum absolute atomic E-state index is 13.8. The van der Waals surface area contributed by atoms with Crippen molar-refractivity contribution in [2.24, 2.45) is 0 Å². The summed E-state index contributed by atoms with van der Waals surface area (Å²) in [4.78, 5) is 13.5. The second-order valence-corrected chi connectivity index (χ2v) is 9.16. The average molecular weight is 540 g/mol. The van der Waals surface area contributed by atoms with Gasteiger partial charge in [0.15, 0.2) is 11.7 Å². The van der Waals surface area contributed by atoms with Crippen molar-refractivity contribution in [1.82, 2.24) is 9.78 Å². The number of alkyl halides is 3. The highest BCUT2D eigenvalue weighted by Gasteiger charge is 2.48. The first kappa shape index (κ1) is 21.5. The summed E-state index contributed by atoms with van der Waals surface area (Å²) < 4.78 is 42.3. The van der Waals surface area contributed by atoms with Gasteiger partial charge in [0.25, 0.3) is 5.91 Å². The van der Waals surface area contributed by atoms with Gasteiger partial charge in [-0.2, -0.15) is 18.3 Å². The van der Waals surface area contributed by atoms with Crippen LogP contribution in [0.3, 0.4) is 0 Å². The smallest absolute Gasteiger partial charge is 0.362 e. The van der Waals surface area contributed by atoms with Crippen LogP contribution in [0.25, 0.3) is 0 Å². The molecule has 1 aliphatic heterocycles. The predicted molar refractivity (Wildman–Crippen MR) is 115 cm³/mol. The number of rotatable bonds is 3. The summed E-state index contributed by atoms with van der Waals surface area (Å²) in [6.45, 7) is 0. The molecule has 3 heterocycles. The first-order valence-electron chi connectivity index (χ1n) is 8.56. The monoisotopic (exact) mass is 538 g/mol. The van der Waals surface area contributed by atoms with Gasteiger partial charge in [0, 0.05) is 16.3 Å². The van der Waals surface area contributed by atoms with Crippen LogP contribution in [0, 0.1) is 0 Å². The van der Waals surface area contributed by atoms with Gasteiger partial charge in [0.05, 0.1) is 21.2 Å². The van der Waals surface area contributed by atoms with Crippen molar-refractivity contribution in [3.05, 3.63) is 60.8 Å². The molecule has 158 valence electrons. The molecule has 0 saturated carbocycles. The SMILES string of the molecule is O=C(Nc1ccc(Cl)cc1Cl)c1nn2c(c1Br)N[C@H](c1cccs1)C[C@@H]2C(F)(F)F. The van der Waals surface area contributed by atoms with E-state index in [1.54, 1.807) is 17.5 Å². The Kier molecular flexibility index (Phi) is 5.78. The number of carbonyl (C=O) groups excluding carboxylic acids is 1. The van der Waals surface area contributed by atoms with E-state index in [0.717, 1.165) is 9.56 Å². The fourth-order valence-electron chi connectivity index (χ4n) is 3.18. The zero-order chi connectivity index (χ0) is 21.6. The number of anilines is 2. The van der Waals surface area contributed by atoms with Crippen molar-refractivity contribution < 1.29 is 18.0 Å². The van der Waals surface area contributed by atoms with Gasteiger partial charge in [-0.05, 0) is 45.6 Å². The summed E-state index contributed by atoms with van der Waals surface area (Å²) in [5, 5.41) is 12.0. The number of benzene rings is 1. The third-order valence-electron chi connectivity index (χ3n) is 4.58. The minimum atomic E-state index is -4.54. The molecule has 4 rings (SSSR count). The molecule has 5 nitrogen and oxygen atoms in total. The van der Waals surface area contributed by atoms with E-state index in [1.807, 2.05) is 0 Å². The van der Waals surface area contributed by atoms with Crippen molar-refractivity contribution in [2.45, 2.75) is 24.7 Å². The van der Waals surface area contributed by atoms with Crippen LogP contribution in [0.1, 0.15) is 33.9 Å². The zero-order valence-electron chi connectivity index (χ0n) is 14.8. The van der Waals surface area contributed by atoms with Crippen molar-refractivity contribution in [3.63, 3.8) is 0 Å². The van der Waals surface area contributed by atoms with Gasteiger partial charge in [-0.3, -0.25) is 4.79 Å². The lowest BCUT2D eigenvalue weighted by Crippen LogP contribution is -2.35. The number of hydrogen-bond donors (Lipinski definition) is 2. The largest absolute Gasteiger partial charge is 0.410 e. The molecule has 0 radical (unpaired) electrons. The van der Waals surface area contributed by atoms with Gasteiger partial charge in [-0.15, -0.1) is 11.3 Å². The molecule has 0 unspecified atom stereocenters. The molecule has 0 fully saturated rings. The maximum atomic E-state index is 13.8. The number of hydrogen-bond acceptors (Lipinski definition) is 4. The van der Waals surface area contributed by atoms with Gasteiger partial charge in [0.2, 0.25) is 0 Å². The van der Waals surface area contributed by atoms with Gasteiger partial charge < -0.3 is 10.6 Å². The molecule has 3 aromatic rings. The topological polar surface area (TPSA) is 59.0 Å². The normalized spacial score (nSPS) is 18.6. The number of halogens is 6. The van der Waals surface area contributed by atoms with Crippen LogP contribution in [0.2, 0.25) is 10.0 Å². The van der Waals surface area contributed by atoms with E-state index in [4.69, 9.17) is 23.2 Å². The third-order valence-corrected chi connectivity index (χ3v) is 6.86. The van der Waals surface area contributed by atoms with E-state index >= 15 is 0 Å². The number of nitrogens with one attached hydrogen (secondary N) is 2. The molecular formula is C18H12BrCl2F3N4OS. The summed E-state index contributed by atoms with van der Waals surface area (Å²) in [6, 6.07) is 5.58. The Bertz CT molecular complexity index is 1100. The maximum Gasteiger partial charge on any atom is 0.410 e. The van der Waals surface area contributed by atoms with Gasteiger partial charge >= 0.3 is 6.18 Å². The lowest BCUT2D eigenvalue weighted by Gasteiger charge is -2.33. The van der Waals surface area contributed by atoms with Crippen LogP contribution in [0.5, 0.6) is 0 Å². The summed E-state index contributed by atoms with van der Waals surface area (Å²) in [6.07, 6.45) is -4.78. The van der Waals surface area contributed by atoms with Gasteiger partial charge in [-0.1, -0.05) is 29.3 Å². The highest BCUT2D eigenvalue weighted by atomic mass is 79.9. The highest BCUT2D eigenvalue weighted by molar-refractivity contribution is 9.10. The number of nitrogens with zero attached hydrogens (tertiary/aromatic N) is 2. The Morgan fingerprint density at radius 1 is 1.33 bits per heavy atom. The number of thiophene rings is 1. The number of aromatic nitrogens is 2. The van der Waals surface area contributed by atoms with E-state index in [2.05, 4.69) is 31.7 Å². The van der Waals surface area contributed by atoms with Crippen LogP contribution in [0.15, 0.2) is 40.2 Å². The minimum Gasteiger partial charge on any atom is -0.362 e. The van der Waals surface area contributed by atoms with Crippen molar-refractivity contribution in [3.8, 4) is 0 Å². The Morgan fingerprint density at radius 2 is 2.10 bits per heavy atom. The summed E-state index contributed by atoms with van der Waals surface area (Å²) in [7, 11) is 0. The summed E-state index contributed by atoms with van der Waals surface area (Å²) >= 11 is 16.5. The summed E-state index contributed by atoms with van der Waals surface area (Å²) in [5.41, 5.74) is 0.0744. The van der Waals surface area contributed by atoms with Crippen LogP contribution in [-0.2, 0) is 0 Å². The quantitative estimate of drug-likeness (QED) is 0.379. The molecule has 1 aromatic carbocycles. The van der Waals surface area contributed by atoms with Gasteiger partial charge in [-0.25, -0.2) is 4.68 Å². The van der Waals surface area contributed by atoms with E-state index in [9.17, 15) is 18.0 Å². The lowest BCUT2D eigenvalue weighted by atomic mass is 10.0. The van der Waals surface area contributed by atoms with E-state index in [1.165, 1.54) is 29.5 Å². The van der Waals surface area contributed by atoms with E-state index in [0.29, 0.717) is 5.02 Å². The fraction of sp³-hybridized carbons (Fsp3) is 0.222.